The molecule has 106 valence electrons. The Hall–Kier alpha value is -1.22. The van der Waals surface area contributed by atoms with Crippen LogP contribution in [-0.2, 0) is 19.5 Å². The van der Waals surface area contributed by atoms with Crippen LogP contribution < -0.4 is 5.14 Å². The monoisotopic (exact) mass is 311 g/mol. The van der Waals surface area contributed by atoms with Gasteiger partial charge < -0.3 is 9.47 Å². The molecule has 1 aromatic carbocycles. The number of ether oxygens (including phenoxy) is 2. The van der Waals surface area contributed by atoms with Crippen LogP contribution >= 0.6 is 11.6 Å². The molecule has 1 aromatic rings. The summed E-state index contributed by atoms with van der Waals surface area (Å²) >= 11 is 5.55. The van der Waals surface area contributed by atoms with Crippen LogP contribution in [-0.4, -0.2) is 34.7 Å². The number of primary sulfonamides is 1. The van der Waals surface area contributed by atoms with E-state index in [1.165, 1.54) is 7.11 Å². The van der Waals surface area contributed by atoms with Crippen molar-refractivity contribution in [1.29, 1.82) is 0 Å². The third-order valence-corrected chi connectivity index (χ3v) is 3.44. The smallest absolute Gasteiger partial charge is 0.341 e. The van der Waals surface area contributed by atoms with Gasteiger partial charge in [0.25, 0.3) is 0 Å². The Bertz CT molecular complexity index is 590. The first-order valence-electron chi connectivity index (χ1n) is 4.95. The highest BCUT2D eigenvalue weighted by Crippen LogP contribution is 2.24. The molecule has 19 heavy (non-hydrogen) atoms. The highest BCUT2D eigenvalue weighted by atomic mass is 35.5. The number of carbonyl (C=O) groups is 1. The van der Waals surface area contributed by atoms with E-state index in [4.69, 9.17) is 16.7 Å². The number of methoxy groups -OCH3 is 1. The lowest BCUT2D eigenvalue weighted by Gasteiger charge is -2.08. The number of halogens is 2. The molecule has 0 aliphatic carbocycles. The highest BCUT2D eigenvalue weighted by Gasteiger charge is 2.21. The summed E-state index contributed by atoms with van der Waals surface area (Å²) in [6.45, 7) is 0.0328. The van der Waals surface area contributed by atoms with Crippen molar-refractivity contribution in [3.63, 3.8) is 0 Å². The fourth-order valence-corrected chi connectivity index (χ4v) is 2.28. The maximum absolute atomic E-state index is 13.5. The molecule has 2 N–H and O–H groups in total. The van der Waals surface area contributed by atoms with Gasteiger partial charge in [0.15, 0.2) is 0 Å². The molecular formula is C10H11ClFNO5S. The molecule has 0 saturated heterocycles. The summed E-state index contributed by atoms with van der Waals surface area (Å²) in [5.41, 5.74) is -0.565. The van der Waals surface area contributed by atoms with Gasteiger partial charge in [0.2, 0.25) is 10.0 Å². The van der Waals surface area contributed by atoms with Gasteiger partial charge in [-0.1, -0.05) is 11.6 Å². The van der Waals surface area contributed by atoms with Crippen LogP contribution in [0.4, 0.5) is 4.39 Å². The van der Waals surface area contributed by atoms with Crippen LogP contribution in [0.5, 0.6) is 0 Å². The second kappa shape index (κ2) is 6.29. The molecule has 1 rings (SSSR count). The maximum Gasteiger partial charge on any atom is 0.341 e. The van der Waals surface area contributed by atoms with Crippen molar-refractivity contribution in [2.24, 2.45) is 5.14 Å². The van der Waals surface area contributed by atoms with Crippen LogP contribution in [0.3, 0.4) is 0 Å². The zero-order valence-corrected chi connectivity index (χ0v) is 11.4. The SMILES string of the molecule is COCCOC(=O)c1cc(S(N)(=O)=O)c(Cl)cc1F. The van der Waals surface area contributed by atoms with Crippen molar-refractivity contribution < 1.29 is 27.1 Å². The highest BCUT2D eigenvalue weighted by molar-refractivity contribution is 7.89. The minimum Gasteiger partial charge on any atom is -0.460 e. The van der Waals surface area contributed by atoms with Crippen molar-refractivity contribution in [3.8, 4) is 0 Å². The number of rotatable bonds is 5. The Labute approximate surface area is 114 Å². The predicted octanol–water partition coefficient (Wildman–Crippen LogP) is 0.930. The predicted molar refractivity (Wildman–Crippen MR) is 64.9 cm³/mol. The Balaban J connectivity index is 3.11. The molecule has 0 amide bonds. The van der Waals surface area contributed by atoms with Gasteiger partial charge in [0, 0.05) is 7.11 Å². The summed E-state index contributed by atoms with van der Waals surface area (Å²) in [4.78, 5) is 11.0. The summed E-state index contributed by atoms with van der Waals surface area (Å²) in [5, 5.41) is 4.48. The normalized spacial score (nSPS) is 11.4. The van der Waals surface area contributed by atoms with E-state index in [2.05, 4.69) is 9.47 Å². The first-order valence-corrected chi connectivity index (χ1v) is 6.87. The van der Waals surface area contributed by atoms with Crippen molar-refractivity contribution in [2.75, 3.05) is 20.3 Å². The fraction of sp³-hybridized carbons (Fsp3) is 0.300. The van der Waals surface area contributed by atoms with Gasteiger partial charge in [-0.2, -0.15) is 0 Å². The van der Waals surface area contributed by atoms with Crippen LogP contribution in [0.25, 0.3) is 0 Å². The quantitative estimate of drug-likeness (QED) is 0.644. The van der Waals surface area contributed by atoms with Crippen molar-refractivity contribution in [1.82, 2.24) is 0 Å². The third-order valence-electron chi connectivity index (χ3n) is 2.07. The van der Waals surface area contributed by atoms with Gasteiger partial charge in [-0.05, 0) is 12.1 Å². The summed E-state index contributed by atoms with van der Waals surface area (Å²) in [6, 6.07) is 1.43. The second-order valence-electron chi connectivity index (χ2n) is 3.44. The van der Waals surface area contributed by atoms with Crippen molar-refractivity contribution in [3.05, 3.63) is 28.5 Å². The lowest BCUT2D eigenvalue weighted by atomic mass is 10.2. The van der Waals surface area contributed by atoms with Crippen molar-refractivity contribution >= 4 is 27.6 Å². The average Bonchev–Trinajstić information content (AvgIpc) is 2.27. The lowest BCUT2D eigenvalue weighted by Crippen LogP contribution is -2.16. The van der Waals surface area contributed by atoms with Gasteiger partial charge >= 0.3 is 5.97 Å². The Morgan fingerprint density at radius 2 is 2.05 bits per heavy atom. The minimum atomic E-state index is -4.16. The zero-order chi connectivity index (χ0) is 14.6. The van der Waals surface area contributed by atoms with E-state index >= 15 is 0 Å². The number of hydrogen-bond acceptors (Lipinski definition) is 5. The molecule has 0 bridgehead atoms. The number of sulfonamides is 1. The number of esters is 1. The Morgan fingerprint density at radius 1 is 1.42 bits per heavy atom. The topological polar surface area (TPSA) is 95.7 Å². The third kappa shape index (κ3) is 4.13. The summed E-state index contributed by atoms with van der Waals surface area (Å²) in [5.74, 6) is -2.03. The first kappa shape index (κ1) is 15.8. The number of hydrogen-bond donors (Lipinski definition) is 1. The number of nitrogens with two attached hydrogens (primary N) is 1. The molecule has 0 heterocycles. The molecule has 0 radical (unpaired) electrons. The van der Waals surface area contributed by atoms with Crippen LogP contribution in [0, 0.1) is 5.82 Å². The molecule has 9 heteroatoms. The maximum atomic E-state index is 13.5. The number of benzene rings is 1. The van der Waals surface area contributed by atoms with E-state index in [1.54, 1.807) is 0 Å². The molecule has 0 saturated carbocycles. The molecule has 0 fully saturated rings. The average molecular weight is 312 g/mol. The van der Waals surface area contributed by atoms with Crippen LogP contribution in [0.1, 0.15) is 10.4 Å². The molecule has 0 spiro atoms. The first-order chi connectivity index (χ1) is 8.77. The molecule has 0 aliphatic rings. The van der Waals surface area contributed by atoms with E-state index in [-0.39, 0.29) is 13.2 Å². The van der Waals surface area contributed by atoms with E-state index in [0.29, 0.717) is 6.07 Å². The summed E-state index contributed by atoms with van der Waals surface area (Å²) < 4.78 is 45.2. The standard InChI is InChI=1S/C10H11ClFNO5S/c1-17-2-3-18-10(14)6-4-9(19(13,15)16)7(11)5-8(6)12/h4-5H,2-3H2,1H3,(H2,13,15,16). The van der Waals surface area contributed by atoms with E-state index in [0.717, 1.165) is 6.07 Å². The molecular weight excluding hydrogens is 301 g/mol. The van der Waals surface area contributed by atoms with Gasteiger partial charge in [-0.15, -0.1) is 0 Å². The van der Waals surface area contributed by atoms with E-state index < -0.39 is 37.3 Å². The van der Waals surface area contributed by atoms with Crippen LogP contribution in [0.2, 0.25) is 5.02 Å². The van der Waals surface area contributed by atoms with Crippen molar-refractivity contribution in [2.45, 2.75) is 4.90 Å². The van der Waals surface area contributed by atoms with Gasteiger partial charge in [0.05, 0.1) is 17.2 Å². The Morgan fingerprint density at radius 3 is 2.58 bits per heavy atom. The second-order valence-corrected chi connectivity index (χ2v) is 5.37. The van der Waals surface area contributed by atoms with Gasteiger partial charge in [-0.3, -0.25) is 0 Å². The van der Waals surface area contributed by atoms with Crippen LogP contribution in [0.15, 0.2) is 17.0 Å². The molecule has 0 aromatic heterocycles. The largest absolute Gasteiger partial charge is 0.460 e. The van der Waals surface area contributed by atoms with Gasteiger partial charge in [0.1, 0.15) is 17.3 Å². The molecule has 6 nitrogen and oxygen atoms in total. The zero-order valence-electron chi connectivity index (χ0n) is 9.85. The minimum absolute atomic E-state index is 0.0951. The summed E-state index contributed by atoms with van der Waals surface area (Å²) in [6.07, 6.45) is 0. The van der Waals surface area contributed by atoms with E-state index in [1.807, 2.05) is 0 Å². The fourth-order valence-electron chi connectivity index (χ4n) is 1.20. The lowest BCUT2D eigenvalue weighted by molar-refractivity contribution is 0.0383. The molecule has 0 unspecified atom stereocenters. The van der Waals surface area contributed by atoms with Gasteiger partial charge in [-0.25, -0.2) is 22.7 Å². The molecule has 0 aliphatic heterocycles. The summed E-state index contributed by atoms with van der Waals surface area (Å²) in [7, 11) is -2.76. The molecule has 0 atom stereocenters. The Kier molecular flexibility index (Phi) is 5.24. The van der Waals surface area contributed by atoms with E-state index in [9.17, 15) is 17.6 Å². The number of carbonyl (C=O) groups excluding carboxylic acids is 1.